The molecule has 1 N–H and O–H groups in total. The van der Waals surface area contributed by atoms with E-state index in [4.69, 9.17) is 0 Å². The third-order valence-electron chi connectivity index (χ3n) is 4.01. The summed E-state index contributed by atoms with van der Waals surface area (Å²) in [6, 6.07) is 1.24. The molecule has 1 aliphatic rings. The average molecular weight is 279 g/mol. The normalized spacial score (nSPS) is 24.4. The first-order valence-electron chi connectivity index (χ1n) is 7.91. The van der Waals surface area contributed by atoms with E-state index in [1.54, 1.807) is 4.68 Å². The van der Waals surface area contributed by atoms with Gasteiger partial charge in [-0.15, -0.1) is 5.10 Å². The molecule has 2 rings (SSSR count). The van der Waals surface area contributed by atoms with Crippen LogP contribution in [0.15, 0.2) is 6.20 Å². The van der Waals surface area contributed by atoms with Gasteiger partial charge in [-0.05, 0) is 18.8 Å². The number of piperazine rings is 1. The molecule has 1 fully saturated rings. The molecule has 1 aromatic rings. The lowest BCUT2D eigenvalue weighted by Gasteiger charge is -2.41. The third kappa shape index (κ3) is 4.28. The van der Waals surface area contributed by atoms with Crippen molar-refractivity contribution in [2.75, 3.05) is 13.1 Å². The van der Waals surface area contributed by atoms with Crippen LogP contribution in [0.5, 0.6) is 0 Å². The highest BCUT2D eigenvalue weighted by molar-refractivity contribution is 4.96. The van der Waals surface area contributed by atoms with Gasteiger partial charge in [-0.3, -0.25) is 9.58 Å². The van der Waals surface area contributed by atoms with Crippen LogP contribution in [-0.4, -0.2) is 45.1 Å². The molecule has 0 amide bonds. The minimum atomic E-state index is 0.616. The monoisotopic (exact) mass is 279 g/mol. The number of nitrogens with one attached hydrogen (secondary N) is 1. The molecule has 0 saturated carbocycles. The van der Waals surface area contributed by atoms with Crippen LogP contribution in [0, 0.1) is 5.92 Å². The second kappa shape index (κ2) is 7.18. The zero-order valence-electron chi connectivity index (χ0n) is 13.3. The fourth-order valence-electron chi connectivity index (χ4n) is 3.12. The van der Waals surface area contributed by atoms with Crippen LogP contribution in [-0.2, 0) is 13.6 Å². The lowest BCUT2D eigenvalue weighted by atomic mass is 9.97. The van der Waals surface area contributed by atoms with Gasteiger partial charge in [0, 0.05) is 45.0 Å². The number of aryl methyl sites for hydroxylation is 1. The number of rotatable bonds is 6. The highest BCUT2D eigenvalue weighted by atomic mass is 15.4. The predicted octanol–water partition coefficient (Wildman–Crippen LogP) is 1.80. The molecule has 1 aromatic heterocycles. The van der Waals surface area contributed by atoms with Gasteiger partial charge in [0.05, 0.1) is 5.69 Å². The summed E-state index contributed by atoms with van der Waals surface area (Å²) >= 11 is 0. The molecule has 0 spiro atoms. The zero-order chi connectivity index (χ0) is 14.5. The molecule has 5 heteroatoms. The maximum Gasteiger partial charge on any atom is 0.0967 e. The molecule has 0 aliphatic carbocycles. The first kappa shape index (κ1) is 15.4. The molecule has 5 nitrogen and oxygen atoms in total. The van der Waals surface area contributed by atoms with Gasteiger partial charge in [-0.25, -0.2) is 0 Å². The van der Waals surface area contributed by atoms with E-state index in [9.17, 15) is 0 Å². The summed E-state index contributed by atoms with van der Waals surface area (Å²) in [7, 11) is 1.93. The van der Waals surface area contributed by atoms with E-state index in [0.717, 1.165) is 31.2 Å². The largest absolute Gasteiger partial charge is 0.311 e. The van der Waals surface area contributed by atoms with Crippen LogP contribution < -0.4 is 5.32 Å². The second-order valence-corrected chi connectivity index (χ2v) is 6.49. The van der Waals surface area contributed by atoms with Crippen molar-refractivity contribution < 1.29 is 0 Å². The molecule has 1 saturated heterocycles. The van der Waals surface area contributed by atoms with Crippen molar-refractivity contribution in [3.8, 4) is 0 Å². The maximum atomic E-state index is 4.25. The summed E-state index contributed by atoms with van der Waals surface area (Å²) in [5, 5.41) is 12.0. The Morgan fingerprint density at radius 1 is 1.45 bits per heavy atom. The van der Waals surface area contributed by atoms with Gasteiger partial charge in [0.25, 0.3) is 0 Å². The summed E-state index contributed by atoms with van der Waals surface area (Å²) in [6.45, 7) is 10.0. The fourth-order valence-corrected chi connectivity index (χ4v) is 3.12. The Balaban J connectivity index is 2.00. The van der Waals surface area contributed by atoms with Crippen LogP contribution in [0.1, 0.15) is 45.7 Å². The zero-order valence-corrected chi connectivity index (χ0v) is 13.3. The van der Waals surface area contributed by atoms with Crippen molar-refractivity contribution in [2.45, 2.75) is 58.7 Å². The lowest BCUT2D eigenvalue weighted by molar-refractivity contribution is 0.102. The maximum absolute atomic E-state index is 4.25. The highest BCUT2D eigenvalue weighted by Gasteiger charge is 2.28. The Hall–Kier alpha value is -0.940. The molecule has 114 valence electrons. The van der Waals surface area contributed by atoms with Crippen LogP contribution in [0.3, 0.4) is 0 Å². The quantitative estimate of drug-likeness (QED) is 0.862. The number of aromatic nitrogens is 3. The van der Waals surface area contributed by atoms with Crippen LogP contribution >= 0.6 is 0 Å². The van der Waals surface area contributed by atoms with E-state index in [1.165, 1.54) is 19.3 Å². The smallest absolute Gasteiger partial charge is 0.0967 e. The second-order valence-electron chi connectivity index (χ2n) is 6.49. The molecule has 2 unspecified atom stereocenters. The molecule has 1 aliphatic heterocycles. The molecule has 0 radical (unpaired) electrons. The minimum Gasteiger partial charge on any atom is -0.311 e. The van der Waals surface area contributed by atoms with Gasteiger partial charge >= 0.3 is 0 Å². The third-order valence-corrected chi connectivity index (χ3v) is 4.01. The number of hydrogen-bond donors (Lipinski definition) is 1. The average Bonchev–Trinajstić information content (AvgIpc) is 2.78. The van der Waals surface area contributed by atoms with Gasteiger partial charge in [0.2, 0.25) is 0 Å². The SMILES string of the molecule is CCCC1CN(Cc2cn(C)nn2)C(CC(C)C)CN1. The Morgan fingerprint density at radius 3 is 2.85 bits per heavy atom. The van der Waals surface area contributed by atoms with E-state index in [0.29, 0.717) is 12.1 Å². The van der Waals surface area contributed by atoms with Crippen molar-refractivity contribution >= 4 is 0 Å². The van der Waals surface area contributed by atoms with Crippen molar-refractivity contribution in [3.05, 3.63) is 11.9 Å². The molecule has 2 heterocycles. The minimum absolute atomic E-state index is 0.616. The first-order valence-corrected chi connectivity index (χ1v) is 7.91. The summed E-state index contributed by atoms with van der Waals surface area (Å²) in [6.07, 6.45) is 5.77. The lowest BCUT2D eigenvalue weighted by Crippen LogP contribution is -2.56. The molecule has 20 heavy (non-hydrogen) atoms. The summed E-state index contributed by atoms with van der Waals surface area (Å²) in [5.41, 5.74) is 1.08. The fraction of sp³-hybridized carbons (Fsp3) is 0.867. The van der Waals surface area contributed by atoms with Crippen LogP contribution in [0.4, 0.5) is 0 Å². The highest BCUT2D eigenvalue weighted by Crippen LogP contribution is 2.19. The first-order chi connectivity index (χ1) is 9.58. The van der Waals surface area contributed by atoms with E-state index in [1.807, 2.05) is 13.2 Å². The van der Waals surface area contributed by atoms with Gasteiger partial charge in [0.1, 0.15) is 0 Å². The van der Waals surface area contributed by atoms with Crippen molar-refractivity contribution in [1.29, 1.82) is 0 Å². The van der Waals surface area contributed by atoms with E-state index >= 15 is 0 Å². The van der Waals surface area contributed by atoms with Gasteiger partial charge in [-0.1, -0.05) is 32.4 Å². The Morgan fingerprint density at radius 2 is 2.25 bits per heavy atom. The molecular formula is C15H29N5. The van der Waals surface area contributed by atoms with Gasteiger partial charge in [0.15, 0.2) is 0 Å². The predicted molar refractivity (Wildman–Crippen MR) is 81.4 cm³/mol. The van der Waals surface area contributed by atoms with Gasteiger partial charge < -0.3 is 5.32 Å². The topological polar surface area (TPSA) is 46.0 Å². The molecule has 0 bridgehead atoms. The van der Waals surface area contributed by atoms with Crippen LogP contribution in [0.2, 0.25) is 0 Å². The van der Waals surface area contributed by atoms with Gasteiger partial charge in [-0.2, -0.15) is 0 Å². The van der Waals surface area contributed by atoms with Crippen LogP contribution in [0.25, 0.3) is 0 Å². The van der Waals surface area contributed by atoms with Crippen molar-refractivity contribution in [1.82, 2.24) is 25.2 Å². The summed E-state index contributed by atoms with van der Waals surface area (Å²) < 4.78 is 1.79. The van der Waals surface area contributed by atoms with Crippen molar-refractivity contribution in [3.63, 3.8) is 0 Å². The Kier molecular flexibility index (Phi) is 5.54. The summed E-state index contributed by atoms with van der Waals surface area (Å²) in [5.74, 6) is 0.730. The molecule has 0 aromatic carbocycles. The standard InChI is InChI=1S/C15H29N5/c1-5-6-13-10-20(11-14-9-19(4)18-17-14)15(8-16-13)7-12(2)3/h9,12-13,15-16H,5-8,10-11H2,1-4H3. The Bertz CT molecular complexity index is 401. The van der Waals surface area contributed by atoms with E-state index < -0.39 is 0 Å². The number of nitrogens with zero attached hydrogens (tertiary/aromatic N) is 4. The van der Waals surface area contributed by atoms with Crippen molar-refractivity contribution in [2.24, 2.45) is 13.0 Å². The Labute approximate surface area is 122 Å². The van der Waals surface area contributed by atoms with E-state index in [-0.39, 0.29) is 0 Å². The molecular weight excluding hydrogens is 250 g/mol. The molecule has 2 atom stereocenters. The number of hydrogen-bond acceptors (Lipinski definition) is 4. The summed E-state index contributed by atoms with van der Waals surface area (Å²) in [4.78, 5) is 2.60. The van der Waals surface area contributed by atoms with E-state index in [2.05, 4.69) is 41.3 Å².